The topological polar surface area (TPSA) is 55.2 Å². The maximum absolute atomic E-state index is 8.84. The van der Waals surface area contributed by atoms with Crippen molar-refractivity contribution in [2.75, 3.05) is 6.61 Å². The first-order chi connectivity index (χ1) is 8.85. The van der Waals surface area contributed by atoms with Crippen molar-refractivity contribution in [1.82, 2.24) is 9.36 Å². The van der Waals surface area contributed by atoms with Crippen LogP contribution >= 0.6 is 11.5 Å². The normalized spacial score (nSPS) is 14.7. The molecule has 0 bridgehead atoms. The van der Waals surface area contributed by atoms with E-state index < -0.39 is 0 Å². The SMILES string of the molecule is OCCc1ccc(Oc2nc(C3CC3)ns2)cc1. The van der Waals surface area contributed by atoms with E-state index in [1.165, 1.54) is 24.4 Å². The first-order valence-corrected chi connectivity index (χ1v) is 6.84. The Morgan fingerprint density at radius 1 is 1.28 bits per heavy atom. The summed E-state index contributed by atoms with van der Waals surface area (Å²) in [5.74, 6) is 2.24. The van der Waals surface area contributed by atoms with E-state index in [0.717, 1.165) is 17.1 Å². The lowest BCUT2D eigenvalue weighted by Gasteiger charge is -2.02. The Bertz CT molecular complexity index is 520. The van der Waals surface area contributed by atoms with E-state index in [1.807, 2.05) is 24.3 Å². The van der Waals surface area contributed by atoms with E-state index in [2.05, 4.69) is 9.36 Å². The lowest BCUT2D eigenvalue weighted by molar-refractivity contribution is 0.299. The molecule has 0 unspecified atom stereocenters. The number of aromatic nitrogens is 2. The largest absolute Gasteiger partial charge is 0.430 e. The maximum atomic E-state index is 8.84. The minimum absolute atomic E-state index is 0.168. The van der Waals surface area contributed by atoms with Crippen molar-refractivity contribution in [1.29, 1.82) is 0 Å². The molecule has 1 saturated carbocycles. The van der Waals surface area contributed by atoms with Crippen molar-refractivity contribution in [2.24, 2.45) is 0 Å². The first kappa shape index (κ1) is 11.6. The molecule has 1 fully saturated rings. The van der Waals surface area contributed by atoms with Gasteiger partial charge in [-0.05, 0) is 37.0 Å². The van der Waals surface area contributed by atoms with Gasteiger partial charge in [0.25, 0.3) is 5.19 Å². The molecule has 4 nitrogen and oxygen atoms in total. The second-order valence-corrected chi connectivity index (χ2v) is 5.13. The number of hydrogen-bond acceptors (Lipinski definition) is 5. The fourth-order valence-electron chi connectivity index (χ4n) is 1.72. The highest BCUT2D eigenvalue weighted by Gasteiger charge is 2.28. The average molecular weight is 262 g/mol. The highest BCUT2D eigenvalue weighted by atomic mass is 32.1. The molecule has 1 aliphatic rings. The highest BCUT2D eigenvalue weighted by molar-refractivity contribution is 7.07. The molecule has 2 aromatic rings. The molecular weight excluding hydrogens is 248 g/mol. The molecule has 0 spiro atoms. The Kier molecular flexibility index (Phi) is 3.25. The molecule has 94 valence electrons. The van der Waals surface area contributed by atoms with Gasteiger partial charge in [0.1, 0.15) is 11.6 Å². The van der Waals surface area contributed by atoms with Crippen LogP contribution in [0.2, 0.25) is 0 Å². The molecule has 1 aliphatic carbocycles. The van der Waals surface area contributed by atoms with Crippen molar-refractivity contribution < 1.29 is 9.84 Å². The van der Waals surface area contributed by atoms with Crippen LogP contribution < -0.4 is 4.74 Å². The summed E-state index contributed by atoms with van der Waals surface area (Å²) in [4.78, 5) is 4.37. The molecule has 0 radical (unpaired) electrons. The van der Waals surface area contributed by atoms with Gasteiger partial charge in [0.2, 0.25) is 0 Å². The van der Waals surface area contributed by atoms with E-state index in [1.54, 1.807) is 0 Å². The lowest BCUT2D eigenvalue weighted by Crippen LogP contribution is -1.90. The second-order valence-electron chi connectivity index (χ2n) is 4.41. The second kappa shape index (κ2) is 5.04. The van der Waals surface area contributed by atoms with Crippen LogP contribution in [0.5, 0.6) is 10.9 Å². The standard InChI is InChI=1S/C13H14N2O2S/c16-8-7-9-1-5-11(6-2-9)17-13-14-12(15-18-13)10-3-4-10/h1-2,5-6,10,16H,3-4,7-8H2. The van der Waals surface area contributed by atoms with E-state index in [4.69, 9.17) is 9.84 Å². The molecule has 0 amide bonds. The number of hydrogen-bond donors (Lipinski definition) is 1. The van der Waals surface area contributed by atoms with Crippen LogP contribution in [0.3, 0.4) is 0 Å². The van der Waals surface area contributed by atoms with Gasteiger partial charge >= 0.3 is 0 Å². The molecule has 1 N–H and O–H groups in total. The average Bonchev–Trinajstić information content (AvgIpc) is 3.13. The summed E-state index contributed by atoms with van der Waals surface area (Å²) >= 11 is 1.30. The predicted molar refractivity (Wildman–Crippen MR) is 69.2 cm³/mol. The van der Waals surface area contributed by atoms with Gasteiger partial charge in [0.15, 0.2) is 0 Å². The van der Waals surface area contributed by atoms with Crippen molar-refractivity contribution in [2.45, 2.75) is 25.2 Å². The van der Waals surface area contributed by atoms with Gasteiger partial charge in [-0.2, -0.15) is 9.36 Å². The molecule has 1 aromatic heterocycles. The zero-order valence-corrected chi connectivity index (χ0v) is 10.7. The fourth-order valence-corrected chi connectivity index (χ4v) is 2.35. The van der Waals surface area contributed by atoms with Crippen LogP contribution in [-0.2, 0) is 6.42 Å². The molecule has 0 saturated heterocycles. The number of aliphatic hydroxyl groups excluding tert-OH is 1. The van der Waals surface area contributed by atoms with Crippen molar-refractivity contribution in [3.8, 4) is 10.9 Å². The lowest BCUT2D eigenvalue weighted by atomic mass is 10.1. The predicted octanol–water partition coefficient (Wildman–Crippen LogP) is 2.74. The van der Waals surface area contributed by atoms with Gasteiger partial charge in [0.05, 0.1) is 0 Å². The molecule has 1 heterocycles. The van der Waals surface area contributed by atoms with Crippen molar-refractivity contribution in [3.05, 3.63) is 35.7 Å². The third kappa shape index (κ3) is 2.68. The summed E-state index contributed by atoms with van der Waals surface area (Å²) in [7, 11) is 0. The van der Waals surface area contributed by atoms with E-state index in [0.29, 0.717) is 17.5 Å². The third-order valence-corrected chi connectivity index (χ3v) is 3.50. The van der Waals surface area contributed by atoms with Crippen molar-refractivity contribution >= 4 is 11.5 Å². The highest BCUT2D eigenvalue weighted by Crippen LogP contribution is 2.40. The Morgan fingerprint density at radius 2 is 2.06 bits per heavy atom. The van der Waals surface area contributed by atoms with Gasteiger partial charge in [-0.25, -0.2) is 0 Å². The van der Waals surface area contributed by atoms with E-state index >= 15 is 0 Å². The molecule has 3 rings (SSSR count). The van der Waals surface area contributed by atoms with Crippen LogP contribution in [0.1, 0.15) is 30.1 Å². The van der Waals surface area contributed by atoms with Crippen molar-refractivity contribution in [3.63, 3.8) is 0 Å². The van der Waals surface area contributed by atoms with Crippen LogP contribution in [0.4, 0.5) is 0 Å². The minimum Gasteiger partial charge on any atom is -0.430 e. The molecular formula is C13H14N2O2S. The van der Waals surface area contributed by atoms with Crippen LogP contribution in [0.25, 0.3) is 0 Å². The quantitative estimate of drug-likeness (QED) is 0.900. The minimum atomic E-state index is 0.168. The van der Waals surface area contributed by atoms with Gasteiger partial charge in [-0.3, -0.25) is 0 Å². The zero-order valence-electron chi connectivity index (χ0n) is 9.87. The Labute approximate surface area is 109 Å². The number of rotatable bonds is 5. The number of nitrogens with zero attached hydrogens (tertiary/aromatic N) is 2. The van der Waals surface area contributed by atoms with Gasteiger partial charge in [0, 0.05) is 24.1 Å². The Balaban J connectivity index is 1.66. The summed E-state index contributed by atoms with van der Waals surface area (Å²) in [6, 6.07) is 7.69. The van der Waals surface area contributed by atoms with Gasteiger partial charge in [-0.1, -0.05) is 12.1 Å². The zero-order chi connectivity index (χ0) is 12.4. The van der Waals surface area contributed by atoms with E-state index in [9.17, 15) is 0 Å². The molecule has 5 heteroatoms. The third-order valence-electron chi connectivity index (χ3n) is 2.89. The number of benzene rings is 1. The Morgan fingerprint density at radius 3 is 2.72 bits per heavy atom. The number of ether oxygens (including phenoxy) is 1. The monoisotopic (exact) mass is 262 g/mol. The number of aliphatic hydroxyl groups is 1. The van der Waals surface area contributed by atoms with E-state index in [-0.39, 0.29) is 6.61 Å². The molecule has 0 atom stereocenters. The van der Waals surface area contributed by atoms with Crippen LogP contribution in [0, 0.1) is 0 Å². The van der Waals surface area contributed by atoms with Crippen LogP contribution in [0.15, 0.2) is 24.3 Å². The summed E-state index contributed by atoms with van der Waals surface area (Å²) in [6.45, 7) is 0.168. The summed E-state index contributed by atoms with van der Waals surface area (Å²) in [5.41, 5.74) is 1.10. The van der Waals surface area contributed by atoms with Crippen LogP contribution in [-0.4, -0.2) is 21.1 Å². The first-order valence-electron chi connectivity index (χ1n) is 6.06. The van der Waals surface area contributed by atoms with Gasteiger partial charge in [-0.15, -0.1) is 0 Å². The maximum Gasteiger partial charge on any atom is 0.298 e. The molecule has 18 heavy (non-hydrogen) atoms. The summed E-state index contributed by atoms with van der Waals surface area (Å²) in [5, 5.41) is 9.44. The Hall–Kier alpha value is -1.46. The fraction of sp³-hybridized carbons (Fsp3) is 0.385. The smallest absolute Gasteiger partial charge is 0.298 e. The summed E-state index contributed by atoms with van der Waals surface area (Å²) in [6.07, 6.45) is 3.07. The molecule has 1 aromatic carbocycles. The molecule has 0 aliphatic heterocycles. The van der Waals surface area contributed by atoms with Gasteiger partial charge < -0.3 is 9.84 Å². The summed E-state index contributed by atoms with van der Waals surface area (Å²) < 4.78 is 9.95.